The number of thiocarbonyl (C=S) groups is 1. The Bertz CT molecular complexity index is 321. The molecule has 0 radical (unpaired) electrons. The lowest BCUT2D eigenvalue weighted by atomic mass is 9.68. The standard InChI is InChI=1S/C12H23N3OS/c1-9-6-11(2,3)8-12(7-9)13-10(17)15(14-12)4-5-16/h9,14,16H,4-8H2,1-3H3,(H,13,17)/t9-,12-/m0/s1. The van der Waals surface area contributed by atoms with Crippen molar-refractivity contribution in [1.82, 2.24) is 15.8 Å². The first-order chi connectivity index (χ1) is 7.86. The Labute approximate surface area is 109 Å². The lowest BCUT2D eigenvalue weighted by molar-refractivity contribution is 0.0530. The first-order valence-electron chi connectivity index (χ1n) is 6.34. The molecule has 2 fully saturated rings. The van der Waals surface area contributed by atoms with E-state index in [-0.39, 0.29) is 12.3 Å². The quantitative estimate of drug-likeness (QED) is 0.649. The molecule has 17 heavy (non-hydrogen) atoms. The SMILES string of the molecule is C[C@H]1CC(C)(C)C[C@@]2(C1)NC(=S)N(CCO)N2. The number of aliphatic hydroxyl groups is 1. The van der Waals surface area contributed by atoms with Crippen LogP contribution in [0.1, 0.15) is 40.0 Å². The molecule has 0 aromatic rings. The van der Waals surface area contributed by atoms with Gasteiger partial charge in [-0.1, -0.05) is 20.8 Å². The molecule has 1 spiro atoms. The number of hydrogen-bond donors (Lipinski definition) is 3. The van der Waals surface area contributed by atoms with Gasteiger partial charge in [0, 0.05) is 0 Å². The van der Waals surface area contributed by atoms with Crippen LogP contribution in [0.3, 0.4) is 0 Å². The first kappa shape index (κ1) is 13.1. The summed E-state index contributed by atoms with van der Waals surface area (Å²) in [6.07, 6.45) is 3.40. The molecule has 5 heteroatoms. The van der Waals surface area contributed by atoms with Crippen molar-refractivity contribution < 1.29 is 5.11 Å². The van der Waals surface area contributed by atoms with Gasteiger partial charge in [-0.3, -0.25) is 5.01 Å². The normalized spacial score (nSPS) is 36.4. The van der Waals surface area contributed by atoms with Crippen molar-refractivity contribution in [1.29, 1.82) is 0 Å². The van der Waals surface area contributed by atoms with Gasteiger partial charge in [-0.2, -0.15) is 0 Å². The van der Waals surface area contributed by atoms with E-state index in [0.717, 1.165) is 12.8 Å². The smallest absolute Gasteiger partial charge is 0.185 e. The van der Waals surface area contributed by atoms with Crippen molar-refractivity contribution >= 4 is 17.3 Å². The molecule has 1 saturated carbocycles. The Morgan fingerprint density at radius 1 is 1.47 bits per heavy atom. The van der Waals surface area contributed by atoms with Crippen LogP contribution in [0.4, 0.5) is 0 Å². The Morgan fingerprint density at radius 2 is 2.18 bits per heavy atom. The average Bonchev–Trinajstić information content (AvgIpc) is 2.38. The van der Waals surface area contributed by atoms with Gasteiger partial charge in [0.15, 0.2) is 5.11 Å². The summed E-state index contributed by atoms with van der Waals surface area (Å²) in [5, 5.41) is 15.0. The molecule has 98 valence electrons. The van der Waals surface area contributed by atoms with Crippen LogP contribution in [-0.2, 0) is 0 Å². The molecular formula is C12H23N3OS. The minimum absolute atomic E-state index is 0.104. The number of nitrogens with zero attached hydrogens (tertiary/aromatic N) is 1. The van der Waals surface area contributed by atoms with Gasteiger partial charge in [-0.05, 0) is 42.8 Å². The van der Waals surface area contributed by atoms with Crippen molar-refractivity contribution in [3.63, 3.8) is 0 Å². The molecule has 1 saturated heterocycles. The maximum absolute atomic E-state index is 9.02. The van der Waals surface area contributed by atoms with Crippen LogP contribution in [0.25, 0.3) is 0 Å². The summed E-state index contributed by atoms with van der Waals surface area (Å²) in [4.78, 5) is 0. The number of nitrogens with one attached hydrogen (secondary N) is 2. The van der Waals surface area contributed by atoms with E-state index in [2.05, 4.69) is 31.5 Å². The van der Waals surface area contributed by atoms with Gasteiger partial charge in [0.25, 0.3) is 0 Å². The lowest BCUT2D eigenvalue weighted by Crippen LogP contribution is -2.57. The summed E-state index contributed by atoms with van der Waals surface area (Å²) in [5.41, 5.74) is 3.68. The highest BCUT2D eigenvalue weighted by molar-refractivity contribution is 7.80. The predicted octanol–water partition coefficient (Wildman–Crippen LogP) is 1.22. The fraction of sp³-hybridized carbons (Fsp3) is 0.917. The van der Waals surface area contributed by atoms with Crippen molar-refractivity contribution in [2.75, 3.05) is 13.2 Å². The van der Waals surface area contributed by atoms with Crippen LogP contribution in [0, 0.1) is 11.3 Å². The minimum atomic E-state index is -0.104. The average molecular weight is 257 g/mol. The molecule has 0 unspecified atom stereocenters. The highest BCUT2D eigenvalue weighted by atomic mass is 32.1. The minimum Gasteiger partial charge on any atom is -0.394 e. The highest BCUT2D eigenvalue weighted by Crippen LogP contribution is 2.43. The second-order valence-corrected chi connectivity index (χ2v) is 6.74. The van der Waals surface area contributed by atoms with Crippen molar-refractivity contribution in [3.8, 4) is 0 Å². The van der Waals surface area contributed by atoms with E-state index in [4.69, 9.17) is 17.3 Å². The summed E-state index contributed by atoms with van der Waals surface area (Å²) in [6, 6.07) is 0. The van der Waals surface area contributed by atoms with E-state index < -0.39 is 0 Å². The zero-order valence-electron chi connectivity index (χ0n) is 10.9. The Hall–Kier alpha value is -0.390. The maximum Gasteiger partial charge on any atom is 0.185 e. The third kappa shape index (κ3) is 2.72. The number of β-amino-alcohol motifs (C(OH)–C–C–N with tert-alkyl or cyclic N) is 1. The van der Waals surface area contributed by atoms with Gasteiger partial charge in [0.05, 0.1) is 13.2 Å². The fourth-order valence-corrected chi connectivity index (χ4v) is 3.95. The lowest BCUT2D eigenvalue weighted by Gasteiger charge is -2.45. The Morgan fingerprint density at radius 3 is 2.76 bits per heavy atom. The molecular weight excluding hydrogens is 234 g/mol. The van der Waals surface area contributed by atoms with Gasteiger partial charge in [0.2, 0.25) is 0 Å². The van der Waals surface area contributed by atoms with E-state index in [1.807, 2.05) is 5.01 Å². The Kier molecular flexibility index (Phi) is 3.36. The van der Waals surface area contributed by atoms with E-state index in [1.54, 1.807) is 0 Å². The van der Waals surface area contributed by atoms with Crippen LogP contribution in [0.2, 0.25) is 0 Å². The monoisotopic (exact) mass is 257 g/mol. The van der Waals surface area contributed by atoms with Crippen molar-refractivity contribution in [2.45, 2.75) is 45.7 Å². The predicted molar refractivity (Wildman–Crippen MR) is 72.2 cm³/mol. The number of rotatable bonds is 2. The molecule has 2 aliphatic rings. The van der Waals surface area contributed by atoms with E-state index in [1.165, 1.54) is 6.42 Å². The fourth-order valence-electron chi connectivity index (χ4n) is 3.62. The van der Waals surface area contributed by atoms with Gasteiger partial charge in [-0.15, -0.1) is 0 Å². The number of aliphatic hydroxyl groups excluding tert-OH is 1. The summed E-state index contributed by atoms with van der Waals surface area (Å²) >= 11 is 5.31. The van der Waals surface area contributed by atoms with Crippen LogP contribution >= 0.6 is 12.2 Å². The molecule has 3 N–H and O–H groups in total. The molecule has 1 aliphatic carbocycles. The summed E-state index contributed by atoms with van der Waals surface area (Å²) in [5.74, 6) is 0.677. The third-order valence-electron chi connectivity index (χ3n) is 3.64. The molecule has 1 aliphatic heterocycles. The van der Waals surface area contributed by atoms with Crippen LogP contribution < -0.4 is 10.7 Å². The summed E-state index contributed by atoms with van der Waals surface area (Å²) < 4.78 is 0. The maximum atomic E-state index is 9.02. The zero-order valence-corrected chi connectivity index (χ0v) is 11.7. The van der Waals surface area contributed by atoms with Crippen LogP contribution in [0.15, 0.2) is 0 Å². The summed E-state index contributed by atoms with van der Waals surface area (Å²) in [7, 11) is 0. The molecule has 0 aromatic carbocycles. The molecule has 2 rings (SSSR count). The van der Waals surface area contributed by atoms with E-state index in [9.17, 15) is 0 Å². The molecule has 2 atom stereocenters. The van der Waals surface area contributed by atoms with E-state index in [0.29, 0.717) is 23.0 Å². The topological polar surface area (TPSA) is 47.5 Å². The second-order valence-electron chi connectivity index (χ2n) is 6.35. The highest BCUT2D eigenvalue weighted by Gasteiger charge is 2.47. The van der Waals surface area contributed by atoms with Crippen molar-refractivity contribution in [3.05, 3.63) is 0 Å². The summed E-state index contributed by atoms with van der Waals surface area (Å²) in [6.45, 7) is 7.58. The van der Waals surface area contributed by atoms with Crippen LogP contribution in [0.5, 0.6) is 0 Å². The van der Waals surface area contributed by atoms with Crippen LogP contribution in [-0.4, -0.2) is 34.0 Å². The molecule has 0 bridgehead atoms. The molecule has 0 amide bonds. The first-order valence-corrected chi connectivity index (χ1v) is 6.75. The van der Waals surface area contributed by atoms with Gasteiger partial charge in [0.1, 0.15) is 5.66 Å². The molecule has 1 heterocycles. The molecule has 0 aromatic heterocycles. The molecule has 4 nitrogen and oxygen atoms in total. The van der Waals surface area contributed by atoms with Gasteiger partial charge >= 0.3 is 0 Å². The Balaban J connectivity index is 2.12. The number of hydrogen-bond acceptors (Lipinski definition) is 3. The van der Waals surface area contributed by atoms with Gasteiger partial charge < -0.3 is 10.4 Å². The van der Waals surface area contributed by atoms with Crippen molar-refractivity contribution in [2.24, 2.45) is 11.3 Å². The zero-order chi connectivity index (χ0) is 12.7. The number of hydrazine groups is 1. The van der Waals surface area contributed by atoms with E-state index >= 15 is 0 Å². The largest absolute Gasteiger partial charge is 0.394 e. The third-order valence-corrected chi connectivity index (χ3v) is 3.96. The van der Waals surface area contributed by atoms with Gasteiger partial charge in [-0.25, -0.2) is 5.43 Å². The second kappa shape index (κ2) is 4.37.